The molecule has 29 heavy (non-hydrogen) atoms. The molecule has 4 heterocycles. The van der Waals surface area contributed by atoms with E-state index in [4.69, 9.17) is 4.84 Å². The van der Waals surface area contributed by atoms with Crippen molar-refractivity contribution in [2.75, 3.05) is 31.1 Å². The van der Waals surface area contributed by atoms with Gasteiger partial charge in [-0.15, -0.1) is 5.06 Å². The molecule has 0 spiro atoms. The van der Waals surface area contributed by atoms with Gasteiger partial charge in [0.05, 0.1) is 5.39 Å². The second-order valence-electron chi connectivity index (χ2n) is 6.55. The average molecular weight is 400 g/mol. The summed E-state index contributed by atoms with van der Waals surface area (Å²) in [4.78, 5) is 78.4. The van der Waals surface area contributed by atoms with E-state index in [0.717, 1.165) is 12.6 Å². The molecule has 0 radical (unpaired) electrons. The van der Waals surface area contributed by atoms with Crippen LogP contribution in [0.25, 0.3) is 11.0 Å². The van der Waals surface area contributed by atoms with Crippen LogP contribution >= 0.6 is 0 Å². The number of carbonyl (C=O) groups is 4. The van der Waals surface area contributed by atoms with Gasteiger partial charge in [0.25, 0.3) is 11.8 Å². The van der Waals surface area contributed by atoms with E-state index in [9.17, 15) is 24.0 Å². The van der Waals surface area contributed by atoms with Crippen molar-refractivity contribution in [2.24, 2.45) is 0 Å². The van der Waals surface area contributed by atoms with E-state index in [0.29, 0.717) is 37.2 Å². The van der Waals surface area contributed by atoms with Gasteiger partial charge in [0.2, 0.25) is 17.8 Å². The fourth-order valence-corrected chi connectivity index (χ4v) is 3.12. The quantitative estimate of drug-likeness (QED) is 0.495. The van der Waals surface area contributed by atoms with Crippen LogP contribution in [0.2, 0.25) is 0 Å². The third-order valence-electron chi connectivity index (χ3n) is 4.76. The first-order valence-corrected chi connectivity index (χ1v) is 8.88. The Morgan fingerprint density at radius 3 is 2.45 bits per heavy atom. The predicted octanol–water partition coefficient (Wildman–Crippen LogP) is -1.18. The molecule has 0 atom stereocenters. The molecule has 150 valence electrons. The molecule has 1 N–H and O–H groups in total. The Bertz CT molecular complexity index is 1060. The van der Waals surface area contributed by atoms with Gasteiger partial charge in [-0.05, 0) is 0 Å². The van der Waals surface area contributed by atoms with Gasteiger partial charge in [0.1, 0.15) is 11.2 Å². The number of imide groups is 1. The zero-order valence-corrected chi connectivity index (χ0v) is 15.2. The minimum absolute atomic E-state index is 0.0437. The van der Waals surface area contributed by atoms with Crippen molar-refractivity contribution < 1.29 is 24.0 Å². The number of aromatic nitrogens is 3. The van der Waals surface area contributed by atoms with Crippen LogP contribution in [-0.2, 0) is 19.2 Å². The van der Waals surface area contributed by atoms with Gasteiger partial charge in [0.15, 0.2) is 0 Å². The summed E-state index contributed by atoms with van der Waals surface area (Å²) >= 11 is 0. The van der Waals surface area contributed by atoms with Gasteiger partial charge in [-0.1, -0.05) is 0 Å². The number of rotatable bonds is 4. The summed E-state index contributed by atoms with van der Waals surface area (Å²) < 4.78 is 0. The zero-order chi connectivity index (χ0) is 20.5. The van der Waals surface area contributed by atoms with E-state index in [1.54, 1.807) is 4.90 Å². The van der Waals surface area contributed by atoms with Gasteiger partial charge >= 0.3 is 5.97 Å². The third-order valence-corrected chi connectivity index (χ3v) is 4.76. The Kier molecular flexibility index (Phi) is 4.66. The maximum absolute atomic E-state index is 12.6. The molecule has 0 saturated carbocycles. The van der Waals surface area contributed by atoms with Crippen LogP contribution in [0.15, 0.2) is 17.2 Å². The highest BCUT2D eigenvalue weighted by molar-refractivity contribution is 6.03. The lowest BCUT2D eigenvalue weighted by molar-refractivity contribution is -0.172. The molecule has 4 rings (SSSR count). The SMILES string of the molecule is O=CN1CCN(c2ncc3c(=O)c(C(=O)ON4C(=O)CCC4=O)c[nH]c3n2)CC1. The second-order valence-corrected chi connectivity index (χ2v) is 6.55. The Labute approximate surface area is 163 Å². The minimum Gasteiger partial charge on any atom is -0.345 e. The van der Waals surface area contributed by atoms with E-state index in [1.807, 2.05) is 4.90 Å². The van der Waals surface area contributed by atoms with Crippen molar-refractivity contribution in [1.82, 2.24) is 24.9 Å². The molecule has 3 amide bonds. The summed E-state index contributed by atoms with van der Waals surface area (Å²) in [6, 6.07) is 0. The third kappa shape index (κ3) is 3.39. The van der Waals surface area contributed by atoms with E-state index in [2.05, 4.69) is 15.0 Å². The second kappa shape index (κ2) is 7.30. The molecule has 2 aromatic rings. The van der Waals surface area contributed by atoms with E-state index >= 15 is 0 Å². The Morgan fingerprint density at radius 1 is 1.10 bits per heavy atom. The predicted molar refractivity (Wildman–Crippen MR) is 96.5 cm³/mol. The fourth-order valence-electron chi connectivity index (χ4n) is 3.12. The van der Waals surface area contributed by atoms with Crippen LogP contribution in [0.3, 0.4) is 0 Å². The molecule has 2 fully saturated rings. The van der Waals surface area contributed by atoms with E-state index < -0.39 is 23.2 Å². The van der Waals surface area contributed by atoms with Crippen molar-refractivity contribution in [3.05, 3.63) is 28.2 Å². The summed E-state index contributed by atoms with van der Waals surface area (Å²) in [6.45, 7) is 2.19. The largest absolute Gasteiger partial charge is 0.369 e. The normalized spacial score (nSPS) is 17.2. The van der Waals surface area contributed by atoms with Crippen LogP contribution in [-0.4, -0.2) is 75.3 Å². The van der Waals surface area contributed by atoms with Crippen molar-refractivity contribution >= 4 is 41.2 Å². The Morgan fingerprint density at radius 2 is 1.79 bits per heavy atom. The summed E-state index contributed by atoms with van der Waals surface area (Å²) in [5, 5.41) is 0.443. The van der Waals surface area contributed by atoms with Crippen LogP contribution in [0.1, 0.15) is 23.2 Å². The minimum atomic E-state index is -1.12. The molecule has 0 unspecified atom stereocenters. The summed E-state index contributed by atoms with van der Waals surface area (Å²) in [5.41, 5.74) is -0.830. The van der Waals surface area contributed by atoms with Crippen molar-refractivity contribution in [3.8, 4) is 0 Å². The fraction of sp³-hybridized carbons (Fsp3) is 0.353. The number of carbonyl (C=O) groups excluding carboxylic acids is 4. The summed E-state index contributed by atoms with van der Waals surface area (Å²) in [7, 11) is 0. The maximum atomic E-state index is 12.6. The highest BCUT2D eigenvalue weighted by atomic mass is 16.7. The van der Waals surface area contributed by atoms with E-state index in [1.165, 1.54) is 6.20 Å². The van der Waals surface area contributed by atoms with Gasteiger partial charge in [0, 0.05) is 51.4 Å². The number of piperazine rings is 1. The number of hydrogen-bond acceptors (Lipinski definition) is 9. The van der Waals surface area contributed by atoms with Crippen molar-refractivity contribution in [1.29, 1.82) is 0 Å². The van der Waals surface area contributed by atoms with E-state index in [-0.39, 0.29) is 29.4 Å². The first-order valence-electron chi connectivity index (χ1n) is 8.88. The van der Waals surface area contributed by atoms with Gasteiger partial charge < -0.3 is 19.6 Å². The molecule has 2 aromatic heterocycles. The lowest BCUT2D eigenvalue weighted by atomic mass is 10.2. The number of hydrogen-bond donors (Lipinski definition) is 1. The lowest BCUT2D eigenvalue weighted by Crippen LogP contribution is -2.46. The zero-order valence-electron chi connectivity index (χ0n) is 15.2. The average Bonchev–Trinajstić information content (AvgIpc) is 3.05. The number of nitrogens with zero attached hydrogens (tertiary/aromatic N) is 5. The van der Waals surface area contributed by atoms with Crippen LogP contribution in [0.4, 0.5) is 5.95 Å². The Balaban J connectivity index is 1.57. The monoisotopic (exact) mass is 400 g/mol. The number of fused-ring (bicyclic) bond motifs is 1. The maximum Gasteiger partial charge on any atom is 0.369 e. The topological polar surface area (TPSA) is 146 Å². The van der Waals surface area contributed by atoms with Crippen LogP contribution in [0.5, 0.6) is 0 Å². The molecule has 2 saturated heterocycles. The molecule has 0 aromatic carbocycles. The van der Waals surface area contributed by atoms with Crippen LogP contribution in [0, 0.1) is 0 Å². The van der Waals surface area contributed by atoms with Gasteiger partial charge in [-0.25, -0.2) is 9.78 Å². The highest BCUT2D eigenvalue weighted by Gasteiger charge is 2.34. The smallest absolute Gasteiger partial charge is 0.345 e. The number of amides is 3. The first kappa shape index (κ1) is 18.5. The number of nitrogens with one attached hydrogen (secondary N) is 1. The highest BCUT2D eigenvalue weighted by Crippen LogP contribution is 2.16. The summed E-state index contributed by atoms with van der Waals surface area (Å²) in [6.07, 6.45) is 3.13. The first-order chi connectivity index (χ1) is 14.0. The molecule has 12 nitrogen and oxygen atoms in total. The lowest BCUT2D eigenvalue weighted by Gasteiger charge is -2.32. The molecular formula is C17H16N6O6. The van der Waals surface area contributed by atoms with Crippen molar-refractivity contribution in [2.45, 2.75) is 12.8 Å². The van der Waals surface area contributed by atoms with Gasteiger partial charge in [-0.2, -0.15) is 4.98 Å². The molecule has 12 heteroatoms. The van der Waals surface area contributed by atoms with Crippen LogP contribution < -0.4 is 10.3 Å². The number of hydroxylamine groups is 2. The Hall–Kier alpha value is -3.83. The molecule has 0 aliphatic carbocycles. The number of H-pyrrole nitrogens is 1. The molecular weight excluding hydrogens is 384 g/mol. The molecule has 2 aliphatic rings. The molecule has 2 aliphatic heterocycles. The molecule has 0 bridgehead atoms. The van der Waals surface area contributed by atoms with Gasteiger partial charge in [-0.3, -0.25) is 19.2 Å². The number of pyridine rings is 1. The number of aromatic amines is 1. The van der Waals surface area contributed by atoms with Crippen molar-refractivity contribution in [3.63, 3.8) is 0 Å². The standard InChI is InChI=1S/C17H16N6O6/c24-9-21-3-5-22(6-4-21)17-19-7-10-14(27)11(8-18-15(10)20-17)16(28)29-23-12(25)1-2-13(23)26/h7-9H,1-6H2,(H,18,19,20,27). The summed E-state index contributed by atoms with van der Waals surface area (Å²) in [5.74, 6) is -2.00. The number of anilines is 1.